The van der Waals surface area contributed by atoms with Crippen LogP contribution in [0, 0.1) is 0 Å². The molecule has 218 valence electrons. The number of hydrogen-bond acceptors (Lipinski definition) is 8. The second-order valence-corrected chi connectivity index (χ2v) is 9.39. The van der Waals surface area contributed by atoms with Gasteiger partial charge in [-0.3, -0.25) is 19.2 Å². The molecule has 0 spiro atoms. The van der Waals surface area contributed by atoms with Crippen molar-refractivity contribution >= 4 is 29.6 Å². The van der Waals surface area contributed by atoms with Crippen LogP contribution in [0.3, 0.4) is 0 Å². The van der Waals surface area contributed by atoms with Crippen LogP contribution in [-0.4, -0.2) is 75.4 Å². The second-order valence-electron chi connectivity index (χ2n) is 9.39. The topological polar surface area (TPSA) is 248 Å². The molecule has 0 saturated heterocycles. The summed E-state index contributed by atoms with van der Waals surface area (Å²) in [7, 11) is 0. The lowest BCUT2D eigenvalue weighted by Crippen LogP contribution is -2.57. The summed E-state index contributed by atoms with van der Waals surface area (Å²) < 4.78 is 0. The van der Waals surface area contributed by atoms with Gasteiger partial charge in [0, 0.05) is 31.2 Å². The highest BCUT2D eigenvalue weighted by Crippen LogP contribution is 2.08. The van der Waals surface area contributed by atoms with Crippen molar-refractivity contribution in [3.8, 4) is 0 Å². The summed E-state index contributed by atoms with van der Waals surface area (Å²) in [6.45, 7) is 0.371. The number of hydrogen-bond donors (Lipinski definition) is 8. The smallest absolute Gasteiger partial charge is 0.326 e. The number of nitrogens with zero attached hydrogens (tertiary/aromatic N) is 1. The number of nitrogens with two attached hydrogens (primary N) is 3. The van der Waals surface area contributed by atoms with Gasteiger partial charge in [-0.05, 0) is 37.8 Å². The fraction of sp³-hybridized carbons (Fsp3) is 0.462. The van der Waals surface area contributed by atoms with Crippen LogP contribution < -0.4 is 33.2 Å². The summed E-state index contributed by atoms with van der Waals surface area (Å²) in [5.74, 6) is -3.89. The van der Waals surface area contributed by atoms with E-state index in [0.29, 0.717) is 30.6 Å². The largest absolute Gasteiger partial charge is 0.480 e. The molecule has 0 fully saturated rings. The summed E-state index contributed by atoms with van der Waals surface area (Å²) >= 11 is 0. The molecule has 4 atom stereocenters. The van der Waals surface area contributed by atoms with E-state index in [2.05, 4.69) is 25.9 Å². The molecule has 2 rings (SSSR count). The Balaban J connectivity index is 2.17. The Hall–Kier alpha value is -4.30. The number of imidazole rings is 1. The summed E-state index contributed by atoms with van der Waals surface area (Å²) in [4.78, 5) is 69.0. The number of carboxylic acids is 1. The molecule has 0 bridgehead atoms. The zero-order valence-electron chi connectivity index (χ0n) is 22.2. The molecule has 14 nitrogen and oxygen atoms in total. The average molecular weight is 559 g/mol. The van der Waals surface area contributed by atoms with Crippen LogP contribution >= 0.6 is 0 Å². The summed E-state index contributed by atoms with van der Waals surface area (Å²) in [6, 6.07) is 4.25. The quantitative estimate of drug-likeness (QED) is 0.0985. The molecular weight excluding hydrogens is 520 g/mol. The van der Waals surface area contributed by atoms with Gasteiger partial charge in [0.15, 0.2) is 0 Å². The number of aromatic nitrogens is 2. The number of primary amides is 1. The predicted molar refractivity (Wildman–Crippen MR) is 145 cm³/mol. The molecule has 0 radical (unpaired) electrons. The van der Waals surface area contributed by atoms with Crippen molar-refractivity contribution in [2.75, 3.05) is 6.54 Å². The minimum Gasteiger partial charge on any atom is -0.480 e. The Morgan fingerprint density at radius 3 is 2.12 bits per heavy atom. The number of unbranched alkanes of at least 4 members (excludes halogenated alkanes) is 1. The van der Waals surface area contributed by atoms with Crippen molar-refractivity contribution in [2.24, 2.45) is 17.2 Å². The number of amides is 4. The molecule has 14 heteroatoms. The molecule has 2 aromatic rings. The minimum atomic E-state index is -1.23. The SMILES string of the molecule is NCCCCC(NC(=O)C(Cc1cnc[nH]1)NC(=O)C(N)CCC(N)=O)C(=O)NC(Cc1ccccc1)C(=O)O. The maximum absolute atomic E-state index is 13.4. The van der Waals surface area contributed by atoms with E-state index in [1.54, 1.807) is 30.3 Å². The van der Waals surface area contributed by atoms with E-state index in [9.17, 15) is 29.1 Å². The second kappa shape index (κ2) is 16.6. The first-order valence-electron chi connectivity index (χ1n) is 13.0. The minimum absolute atomic E-state index is 0.00299. The van der Waals surface area contributed by atoms with Crippen LogP contribution in [-0.2, 0) is 36.8 Å². The number of rotatable bonds is 18. The van der Waals surface area contributed by atoms with Gasteiger partial charge in [-0.25, -0.2) is 9.78 Å². The Labute approximate surface area is 231 Å². The molecule has 4 amide bonds. The Morgan fingerprint density at radius 2 is 1.52 bits per heavy atom. The lowest BCUT2D eigenvalue weighted by atomic mass is 10.0. The number of carboxylic acid groups (broad SMARTS) is 1. The number of benzene rings is 1. The van der Waals surface area contributed by atoms with E-state index in [1.807, 2.05) is 0 Å². The Kier molecular flexibility index (Phi) is 13.3. The molecular formula is C26H38N8O6. The predicted octanol–water partition coefficient (Wildman–Crippen LogP) is -1.54. The third kappa shape index (κ3) is 11.2. The van der Waals surface area contributed by atoms with Gasteiger partial charge in [-0.2, -0.15) is 0 Å². The molecule has 4 unspecified atom stereocenters. The highest BCUT2D eigenvalue weighted by atomic mass is 16.4. The Bertz CT molecular complexity index is 1110. The van der Waals surface area contributed by atoms with Gasteiger partial charge < -0.3 is 43.2 Å². The molecule has 40 heavy (non-hydrogen) atoms. The lowest BCUT2D eigenvalue weighted by Gasteiger charge is -2.25. The molecule has 0 aliphatic heterocycles. The number of aliphatic carboxylic acids is 1. The third-order valence-corrected chi connectivity index (χ3v) is 6.13. The fourth-order valence-electron chi connectivity index (χ4n) is 3.89. The molecule has 11 N–H and O–H groups in total. The molecule has 0 aliphatic carbocycles. The number of aromatic amines is 1. The maximum atomic E-state index is 13.4. The zero-order chi connectivity index (χ0) is 29.5. The van der Waals surface area contributed by atoms with E-state index in [4.69, 9.17) is 17.2 Å². The van der Waals surface area contributed by atoms with Crippen molar-refractivity contribution in [3.05, 3.63) is 54.1 Å². The number of nitrogens with one attached hydrogen (secondary N) is 4. The van der Waals surface area contributed by atoms with Gasteiger partial charge in [0.1, 0.15) is 18.1 Å². The van der Waals surface area contributed by atoms with Crippen molar-refractivity contribution in [2.45, 2.75) is 69.1 Å². The van der Waals surface area contributed by atoms with E-state index in [1.165, 1.54) is 12.5 Å². The highest BCUT2D eigenvalue weighted by molar-refractivity contribution is 5.94. The highest BCUT2D eigenvalue weighted by Gasteiger charge is 2.30. The van der Waals surface area contributed by atoms with Gasteiger partial charge >= 0.3 is 5.97 Å². The molecule has 1 heterocycles. The van der Waals surface area contributed by atoms with Crippen LogP contribution in [0.2, 0.25) is 0 Å². The van der Waals surface area contributed by atoms with Crippen LogP contribution in [0.1, 0.15) is 43.4 Å². The van der Waals surface area contributed by atoms with E-state index >= 15 is 0 Å². The van der Waals surface area contributed by atoms with E-state index < -0.39 is 53.8 Å². The van der Waals surface area contributed by atoms with Gasteiger partial charge in [0.25, 0.3) is 0 Å². The molecule has 1 aromatic heterocycles. The summed E-state index contributed by atoms with van der Waals surface area (Å²) in [5, 5.41) is 17.4. The number of carbonyl (C=O) groups is 5. The maximum Gasteiger partial charge on any atom is 0.326 e. The molecule has 0 aliphatic rings. The Morgan fingerprint density at radius 1 is 0.875 bits per heavy atom. The van der Waals surface area contributed by atoms with Crippen LogP contribution in [0.4, 0.5) is 0 Å². The first kappa shape index (κ1) is 31.9. The van der Waals surface area contributed by atoms with Crippen molar-refractivity contribution < 1.29 is 29.1 Å². The monoisotopic (exact) mass is 558 g/mol. The standard InChI is InChI=1S/C26H38N8O6/c27-11-5-4-8-19(24(37)34-21(26(39)40)12-16-6-2-1-3-7-16)32-25(38)20(13-17-14-30-15-31-17)33-23(36)18(28)9-10-22(29)35/h1-3,6-7,14-15,18-21H,4-5,8-13,27-28H2,(H2,29,35)(H,30,31)(H,32,38)(H,33,36)(H,34,37)(H,39,40). The number of carbonyl (C=O) groups excluding carboxylic acids is 4. The van der Waals surface area contributed by atoms with Crippen LogP contribution in [0.25, 0.3) is 0 Å². The van der Waals surface area contributed by atoms with Crippen molar-refractivity contribution in [3.63, 3.8) is 0 Å². The van der Waals surface area contributed by atoms with Crippen LogP contribution in [0.5, 0.6) is 0 Å². The molecule has 0 saturated carbocycles. The third-order valence-electron chi connectivity index (χ3n) is 6.13. The summed E-state index contributed by atoms with van der Waals surface area (Å²) in [5.41, 5.74) is 17.8. The fourth-order valence-corrected chi connectivity index (χ4v) is 3.89. The van der Waals surface area contributed by atoms with Gasteiger partial charge in [0.2, 0.25) is 23.6 Å². The van der Waals surface area contributed by atoms with Crippen molar-refractivity contribution in [1.29, 1.82) is 0 Å². The normalized spacial score (nSPS) is 13.8. The van der Waals surface area contributed by atoms with Crippen molar-refractivity contribution in [1.82, 2.24) is 25.9 Å². The van der Waals surface area contributed by atoms with E-state index in [0.717, 1.165) is 0 Å². The summed E-state index contributed by atoms with van der Waals surface area (Å²) in [6.07, 6.45) is 4.07. The average Bonchev–Trinajstić information content (AvgIpc) is 3.44. The van der Waals surface area contributed by atoms with Gasteiger partial charge in [0.05, 0.1) is 12.4 Å². The first-order chi connectivity index (χ1) is 19.1. The van der Waals surface area contributed by atoms with Gasteiger partial charge in [-0.15, -0.1) is 0 Å². The van der Waals surface area contributed by atoms with Crippen LogP contribution in [0.15, 0.2) is 42.9 Å². The molecule has 1 aromatic carbocycles. The first-order valence-corrected chi connectivity index (χ1v) is 13.0. The van der Waals surface area contributed by atoms with Gasteiger partial charge in [-0.1, -0.05) is 30.3 Å². The van der Waals surface area contributed by atoms with E-state index in [-0.39, 0.29) is 32.1 Å². The zero-order valence-corrected chi connectivity index (χ0v) is 22.2. The number of H-pyrrole nitrogens is 1. The lowest BCUT2D eigenvalue weighted by molar-refractivity contribution is -0.142.